The molecule has 126 valence electrons. The minimum Gasteiger partial charge on any atom is -0.375 e. The number of likely N-dealkylation sites (tertiary alicyclic amines) is 1. The Morgan fingerprint density at radius 1 is 1.25 bits per heavy atom. The molecule has 2 amide bonds. The Kier molecular flexibility index (Phi) is 4.39. The summed E-state index contributed by atoms with van der Waals surface area (Å²) in [5.41, 5.74) is 0. The SMILES string of the molecule is O=C(NCc1cccs1)[C@@H]1CN(C(=O)c2cccs2)[C@@H]2CCO[C@@H]21. The third kappa shape index (κ3) is 2.87. The van der Waals surface area contributed by atoms with Crippen molar-refractivity contribution in [1.29, 1.82) is 0 Å². The number of fused-ring (bicyclic) bond motifs is 1. The fourth-order valence-corrected chi connectivity index (χ4v) is 4.82. The van der Waals surface area contributed by atoms with Crippen LogP contribution in [0.1, 0.15) is 21.0 Å². The maximum Gasteiger partial charge on any atom is 0.264 e. The predicted octanol–water partition coefficient (Wildman–Crippen LogP) is 2.36. The van der Waals surface area contributed by atoms with Crippen molar-refractivity contribution in [2.75, 3.05) is 13.2 Å². The molecule has 4 heterocycles. The van der Waals surface area contributed by atoms with Crippen molar-refractivity contribution in [2.24, 2.45) is 5.92 Å². The van der Waals surface area contributed by atoms with Gasteiger partial charge in [0.2, 0.25) is 5.91 Å². The first-order valence-corrected chi connectivity index (χ1v) is 9.76. The van der Waals surface area contributed by atoms with Gasteiger partial charge in [-0.1, -0.05) is 12.1 Å². The molecule has 2 aromatic rings. The van der Waals surface area contributed by atoms with Crippen molar-refractivity contribution in [2.45, 2.75) is 25.1 Å². The predicted molar refractivity (Wildman–Crippen MR) is 93.2 cm³/mol. The summed E-state index contributed by atoms with van der Waals surface area (Å²) in [6.45, 7) is 1.57. The van der Waals surface area contributed by atoms with Crippen molar-refractivity contribution in [3.8, 4) is 0 Å². The van der Waals surface area contributed by atoms with Gasteiger partial charge < -0.3 is 15.0 Å². The Hall–Kier alpha value is -1.70. The average Bonchev–Trinajstić information content (AvgIpc) is 3.37. The second-order valence-electron chi connectivity index (χ2n) is 6.03. The molecule has 0 aliphatic carbocycles. The highest BCUT2D eigenvalue weighted by Gasteiger charge is 2.50. The summed E-state index contributed by atoms with van der Waals surface area (Å²) in [6.07, 6.45) is 0.619. The highest BCUT2D eigenvalue weighted by Crippen LogP contribution is 2.35. The van der Waals surface area contributed by atoms with Crippen molar-refractivity contribution >= 4 is 34.5 Å². The molecule has 0 unspecified atom stereocenters. The molecule has 3 atom stereocenters. The number of carbonyl (C=O) groups is 2. The first-order chi connectivity index (χ1) is 11.7. The lowest BCUT2D eigenvalue weighted by Crippen LogP contribution is -2.37. The van der Waals surface area contributed by atoms with E-state index < -0.39 is 0 Å². The van der Waals surface area contributed by atoms with E-state index in [0.717, 1.165) is 16.2 Å². The van der Waals surface area contributed by atoms with Crippen LogP contribution in [-0.2, 0) is 16.1 Å². The number of hydrogen-bond acceptors (Lipinski definition) is 5. The molecular formula is C17H18N2O3S2. The summed E-state index contributed by atoms with van der Waals surface area (Å²) in [5, 5.41) is 6.88. The van der Waals surface area contributed by atoms with Crippen LogP contribution in [0.25, 0.3) is 0 Å². The zero-order valence-corrected chi connectivity index (χ0v) is 14.6. The molecule has 0 saturated carbocycles. The van der Waals surface area contributed by atoms with Crippen LogP contribution in [0.3, 0.4) is 0 Å². The van der Waals surface area contributed by atoms with Crippen LogP contribution in [0.4, 0.5) is 0 Å². The van der Waals surface area contributed by atoms with Gasteiger partial charge >= 0.3 is 0 Å². The number of hydrogen-bond donors (Lipinski definition) is 1. The van der Waals surface area contributed by atoms with Crippen LogP contribution < -0.4 is 5.32 Å². The van der Waals surface area contributed by atoms with Crippen molar-refractivity contribution in [1.82, 2.24) is 10.2 Å². The molecule has 2 aromatic heterocycles. The summed E-state index contributed by atoms with van der Waals surface area (Å²) in [4.78, 5) is 29.0. The molecule has 0 aromatic carbocycles. The summed E-state index contributed by atoms with van der Waals surface area (Å²) in [5.74, 6) is -0.304. The maximum absolute atomic E-state index is 12.7. The monoisotopic (exact) mass is 362 g/mol. The molecular weight excluding hydrogens is 344 g/mol. The Labute approximate surface area is 148 Å². The number of nitrogens with zero attached hydrogens (tertiary/aromatic N) is 1. The molecule has 2 aliphatic heterocycles. The smallest absolute Gasteiger partial charge is 0.264 e. The zero-order valence-electron chi connectivity index (χ0n) is 13.0. The number of ether oxygens (including phenoxy) is 1. The molecule has 24 heavy (non-hydrogen) atoms. The second kappa shape index (κ2) is 6.66. The molecule has 2 saturated heterocycles. The maximum atomic E-state index is 12.7. The standard InChI is InChI=1S/C17H18N2O3S2/c20-16(18-9-11-3-1-7-23-11)12-10-19(13-5-6-22-15(12)13)17(21)14-4-2-8-24-14/h1-4,7-8,12-13,15H,5-6,9-10H2,(H,18,20)/t12-,13-,15-/m1/s1. The fraction of sp³-hybridized carbons (Fsp3) is 0.412. The number of amides is 2. The summed E-state index contributed by atoms with van der Waals surface area (Å²) >= 11 is 3.06. The van der Waals surface area contributed by atoms with E-state index in [9.17, 15) is 9.59 Å². The van der Waals surface area contributed by atoms with E-state index in [-0.39, 0.29) is 29.9 Å². The van der Waals surface area contributed by atoms with E-state index in [4.69, 9.17) is 4.74 Å². The first-order valence-electron chi connectivity index (χ1n) is 8.00. The minimum absolute atomic E-state index is 0.0112. The van der Waals surface area contributed by atoms with Crippen molar-refractivity contribution in [3.05, 3.63) is 44.8 Å². The molecule has 1 N–H and O–H groups in total. The Morgan fingerprint density at radius 3 is 2.83 bits per heavy atom. The van der Waals surface area contributed by atoms with Gasteiger partial charge in [-0.05, 0) is 29.3 Å². The molecule has 0 radical (unpaired) electrons. The van der Waals surface area contributed by atoms with Gasteiger partial charge in [0.1, 0.15) is 0 Å². The van der Waals surface area contributed by atoms with Crippen molar-refractivity contribution in [3.63, 3.8) is 0 Å². The van der Waals surface area contributed by atoms with Crippen LogP contribution >= 0.6 is 22.7 Å². The first kappa shape index (κ1) is 15.8. The van der Waals surface area contributed by atoms with Crippen LogP contribution in [0.5, 0.6) is 0 Å². The molecule has 0 bridgehead atoms. The molecule has 7 heteroatoms. The fourth-order valence-electron chi connectivity index (χ4n) is 3.49. The minimum atomic E-state index is -0.290. The molecule has 0 spiro atoms. The van der Waals surface area contributed by atoms with Gasteiger partial charge in [-0.15, -0.1) is 22.7 Å². The van der Waals surface area contributed by atoms with Gasteiger partial charge in [0.15, 0.2) is 0 Å². The molecule has 4 rings (SSSR count). The van der Waals surface area contributed by atoms with Gasteiger partial charge in [0.05, 0.1) is 29.5 Å². The number of rotatable bonds is 4. The van der Waals surface area contributed by atoms with E-state index in [1.165, 1.54) is 11.3 Å². The largest absolute Gasteiger partial charge is 0.375 e. The van der Waals surface area contributed by atoms with E-state index in [1.54, 1.807) is 11.3 Å². The van der Waals surface area contributed by atoms with Crippen molar-refractivity contribution < 1.29 is 14.3 Å². The summed E-state index contributed by atoms with van der Waals surface area (Å²) in [6, 6.07) is 7.70. The van der Waals surface area contributed by atoms with E-state index in [2.05, 4.69) is 5.32 Å². The van der Waals surface area contributed by atoms with Crippen LogP contribution in [0, 0.1) is 5.92 Å². The molecule has 2 fully saturated rings. The Balaban J connectivity index is 1.46. The average molecular weight is 362 g/mol. The highest BCUT2D eigenvalue weighted by molar-refractivity contribution is 7.12. The lowest BCUT2D eigenvalue weighted by atomic mass is 10.0. The lowest BCUT2D eigenvalue weighted by molar-refractivity contribution is -0.127. The number of thiophene rings is 2. The van der Waals surface area contributed by atoms with Gasteiger partial charge in [-0.2, -0.15) is 0 Å². The number of nitrogens with one attached hydrogen (secondary N) is 1. The Morgan fingerprint density at radius 2 is 2.08 bits per heavy atom. The molecule has 5 nitrogen and oxygen atoms in total. The third-order valence-corrected chi connectivity index (χ3v) is 6.37. The van der Waals surface area contributed by atoms with Crippen LogP contribution in [0.15, 0.2) is 35.0 Å². The summed E-state index contributed by atoms with van der Waals surface area (Å²) in [7, 11) is 0. The van der Waals surface area contributed by atoms with E-state index in [0.29, 0.717) is 19.7 Å². The van der Waals surface area contributed by atoms with Gasteiger partial charge in [-0.25, -0.2) is 0 Å². The van der Waals surface area contributed by atoms with Gasteiger partial charge in [-0.3, -0.25) is 9.59 Å². The quantitative estimate of drug-likeness (QED) is 0.908. The topological polar surface area (TPSA) is 58.6 Å². The third-order valence-electron chi connectivity index (χ3n) is 4.64. The van der Waals surface area contributed by atoms with Gasteiger partial charge in [0, 0.05) is 18.0 Å². The van der Waals surface area contributed by atoms with Gasteiger partial charge in [0.25, 0.3) is 5.91 Å². The van der Waals surface area contributed by atoms with Crippen LogP contribution in [0.2, 0.25) is 0 Å². The summed E-state index contributed by atoms with van der Waals surface area (Å²) < 4.78 is 5.80. The Bertz CT molecular complexity index is 714. The molecule has 2 aliphatic rings. The number of carbonyl (C=O) groups excluding carboxylic acids is 2. The van der Waals surface area contributed by atoms with E-state index >= 15 is 0 Å². The lowest BCUT2D eigenvalue weighted by Gasteiger charge is -2.21. The highest BCUT2D eigenvalue weighted by atomic mass is 32.1. The second-order valence-corrected chi connectivity index (χ2v) is 8.01. The van der Waals surface area contributed by atoms with Crippen LogP contribution in [-0.4, -0.2) is 42.0 Å². The zero-order chi connectivity index (χ0) is 16.5. The van der Waals surface area contributed by atoms with E-state index in [1.807, 2.05) is 39.9 Å². The normalized spacial score (nSPS) is 25.7.